The van der Waals surface area contributed by atoms with Gasteiger partial charge in [0, 0.05) is 18.0 Å². The van der Waals surface area contributed by atoms with E-state index in [1.807, 2.05) is 6.92 Å². The standard InChI is InChI=1S/C19H26F4N4O/c1-10(19(21,22)23)6-9-15-25-17(13-4-3-5-14(28)16(13)20)27-18(26-15)24-11(2)12-7-8-12/h10-12,14,28H,3-9H2,1-2H3,(H,24,25,26,27)/t10-,11+,14?/m0/s1. The molecule has 1 unspecified atom stereocenters. The number of aryl methyl sites for hydroxylation is 1. The van der Waals surface area contributed by atoms with Gasteiger partial charge in [0.15, 0.2) is 5.82 Å². The molecular weight excluding hydrogens is 376 g/mol. The van der Waals surface area contributed by atoms with Crippen molar-refractivity contribution in [3.63, 3.8) is 0 Å². The first-order valence-corrected chi connectivity index (χ1v) is 9.80. The summed E-state index contributed by atoms with van der Waals surface area (Å²) in [4.78, 5) is 12.8. The largest absolute Gasteiger partial charge is 0.391 e. The van der Waals surface area contributed by atoms with E-state index in [2.05, 4.69) is 20.3 Å². The molecule has 0 bridgehead atoms. The highest BCUT2D eigenvalue weighted by molar-refractivity contribution is 5.64. The first-order valence-electron chi connectivity index (χ1n) is 9.80. The maximum atomic E-state index is 14.4. The zero-order valence-corrected chi connectivity index (χ0v) is 16.1. The molecule has 1 aromatic heterocycles. The number of nitrogens with zero attached hydrogens (tertiary/aromatic N) is 3. The molecule has 0 saturated heterocycles. The Hall–Kier alpha value is -1.77. The summed E-state index contributed by atoms with van der Waals surface area (Å²) in [6, 6.07) is 0.118. The molecule has 2 aliphatic rings. The van der Waals surface area contributed by atoms with E-state index in [0.717, 1.165) is 19.8 Å². The topological polar surface area (TPSA) is 70.9 Å². The fraction of sp³-hybridized carbons (Fsp3) is 0.737. The highest BCUT2D eigenvalue weighted by Crippen LogP contribution is 2.35. The highest BCUT2D eigenvalue weighted by Gasteiger charge is 2.35. The van der Waals surface area contributed by atoms with Crippen LogP contribution in [0.2, 0.25) is 0 Å². The second-order valence-electron chi connectivity index (χ2n) is 7.89. The van der Waals surface area contributed by atoms with E-state index in [1.165, 1.54) is 0 Å². The Bertz CT molecular complexity index is 733. The Morgan fingerprint density at radius 1 is 1.14 bits per heavy atom. The first-order chi connectivity index (χ1) is 13.1. The predicted octanol–water partition coefficient (Wildman–Crippen LogP) is 4.44. The smallest absolute Gasteiger partial charge is 0.386 e. The van der Waals surface area contributed by atoms with E-state index in [1.54, 1.807) is 0 Å². The van der Waals surface area contributed by atoms with Crippen molar-refractivity contribution >= 4 is 11.5 Å². The van der Waals surface area contributed by atoms with Gasteiger partial charge in [-0.1, -0.05) is 6.92 Å². The van der Waals surface area contributed by atoms with Crippen molar-refractivity contribution in [1.82, 2.24) is 15.0 Å². The molecule has 5 nitrogen and oxygen atoms in total. The number of halogens is 4. The molecule has 0 amide bonds. The number of alkyl halides is 3. The molecule has 1 saturated carbocycles. The molecular formula is C19H26F4N4O. The van der Waals surface area contributed by atoms with Gasteiger partial charge in [-0.2, -0.15) is 23.1 Å². The van der Waals surface area contributed by atoms with Crippen LogP contribution >= 0.6 is 0 Å². The summed E-state index contributed by atoms with van der Waals surface area (Å²) in [5.74, 6) is -1.07. The molecule has 9 heteroatoms. The second-order valence-corrected chi connectivity index (χ2v) is 7.89. The molecule has 2 aliphatic carbocycles. The van der Waals surface area contributed by atoms with Crippen LogP contribution in [0.25, 0.3) is 5.57 Å². The van der Waals surface area contributed by atoms with Gasteiger partial charge >= 0.3 is 6.18 Å². The molecule has 0 spiro atoms. The molecule has 3 atom stereocenters. The minimum atomic E-state index is -4.28. The Morgan fingerprint density at radius 3 is 2.50 bits per heavy atom. The maximum absolute atomic E-state index is 14.4. The van der Waals surface area contributed by atoms with E-state index in [4.69, 9.17) is 0 Å². The van der Waals surface area contributed by atoms with Crippen LogP contribution < -0.4 is 5.32 Å². The summed E-state index contributed by atoms with van der Waals surface area (Å²) in [7, 11) is 0. The molecule has 156 valence electrons. The summed E-state index contributed by atoms with van der Waals surface area (Å²) in [6.45, 7) is 3.12. The lowest BCUT2D eigenvalue weighted by molar-refractivity contribution is -0.171. The van der Waals surface area contributed by atoms with Crippen molar-refractivity contribution in [3.05, 3.63) is 17.5 Å². The predicted molar refractivity (Wildman–Crippen MR) is 97.1 cm³/mol. The number of rotatable bonds is 7. The molecule has 3 rings (SSSR count). The van der Waals surface area contributed by atoms with Gasteiger partial charge in [-0.15, -0.1) is 0 Å². The third-order valence-corrected chi connectivity index (χ3v) is 5.48. The molecule has 0 aliphatic heterocycles. The van der Waals surface area contributed by atoms with Crippen LogP contribution in [-0.2, 0) is 6.42 Å². The summed E-state index contributed by atoms with van der Waals surface area (Å²) in [5.41, 5.74) is 0.216. The van der Waals surface area contributed by atoms with E-state index in [0.29, 0.717) is 25.2 Å². The lowest BCUT2D eigenvalue weighted by Crippen LogP contribution is -2.23. The van der Waals surface area contributed by atoms with Gasteiger partial charge in [-0.05, 0) is 51.4 Å². The summed E-state index contributed by atoms with van der Waals surface area (Å²) in [5, 5.41) is 13.0. The van der Waals surface area contributed by atoms with Crippen molar-refractivity contribution < 1.29 is 22.7 Å². The zero-order chi connectivity index (χ0) is 20.5. The number of anilines is 1. The second kappa shape index (κ2) is 8.31. The van der Waals surface area contributed by atoms with Crippen LogP contribution in [-0.4, -0.2) is 38.4 Å². The Morgan fingerprint density at radius 2 is 1.86 bits per heavy atom. The first kappa shape index (κ1) is 21.0. The van der Waals surface area contributed by atoms with Gasteiger partial charge in [0.1, 0.15) is 17.8 Å². The van der Waals surface area contributed by atoms with Crippen LogP contribution in [0.15, 0.2) is 5.83 Å². The fourth-order valence-corrected chi connectivity index (χ4v) is 3.30. The van der Waals surface area contributed by atoms with Crippen LogP contribution in [0.1, 0.15) is 64.0 Å². The normalized spacial score (nSPS) is 22.9. The number of aliphatic hydroxyl groups excluding tert-OH is 1. The average Bonchev–Trinajstić information content (AvgIpc) is 3.46. The lowest BCUT2D eigenvalue weighted by Gasteiger charge is -2.20. The molecule has 0 radical (unpaired) electrons. The zero-order valence-electron chi connectivity index (χ0n) is 16.1. The molecule has 1 aromatic rings. The van der Waals surface area contributed by atoms with Crippen molar-refractivity contribution in [1.29, 1.82) is 0 Å². The summed E-state index contributed by atoms with van der Waals surface area (Å²) >= 11 is 0. The van der Waals surface area contributed by atoms with Crippen LogP contribution in [0, 0.1) is 11.8 Å². The van der Waals surface area contributed by atoms with Gasteiger partial charge < -0.3 is 10.4 Å². The van der Waals surface area contributed by atoms with Crippen LogP contribution in [0.5, 0.6) is 0 Å². The van der Waals surface area contributed by atoms with Gasteiger partial charge in [0.05, 0.1) is 5.92 Å². The van der Waals surface area contributed by atoms with Crippen LogP contribution in [0.4, 0.5) is 23.5 Å². The van der Waals surface area contributed by atoms with Crippen molar-refractivity contribution in [2.45, 2.75) is 77.1 Å². The highest BCUT2D eigenvalue weighted by atomic mass is 19.4. The Labute approximate surface area is 161 Å². The minimum absolute atomic E-state index is 0.0140. The maximum Gasteiger partial charge on any atom is 0.391 e. The molecule has 0 aromatic carbocycles. The average molecular weight is 402 g/mol. The minimum Gasteiger partial charge on any atom is -0.386 e. The van der Waals surface area contributed by atoms with Gasteiger partial charge in [-0.3, -0.25) is 0 Å². The number of allylic oxidation sites excluding steroid dienone is 1. The number of aromatic nitrogens is 3. The SMILES string of the molecule is C[C@@H](Nc1nc(CC[C@H](C)C(F)(F)F)nc(C2=C(F)C(O)CCC2)n1)C1CC1. The fourth-order valence-electron chi connectivity index (χ4n) is 3.30. The molecule has 1 fully saturated rings. The van der Waals surface area contributed by atoms with Crippen molar-refractivity contribution in [3.8, 4) is 0 Å². The van der Waals surface area contributed by atoms with E-state index >= 15 is 0 Å². The van der Waals surface area contributed by atoms with Gasteiger partial charge in [-0.25, -0.2) is 9.37 Å². The van der Waals surface area contributed by atoms with E-state index in [9.17, 15) is 22.7 Å². The van der Waals surface area contributed by atoms with E-state index < -0.39 is 24.0 Å². The molecule has 1 heterocycles. The van der Waals surface area contributed by atoms with Gasteiger partial charge in [0.2, 0.25) is 5.95 Å². The number of aliphatic hydroxyl groups is 1. The number of hydrogen-bond acceptors (Lipinski definition) is 5. The van der Waals surface area contributed by atoms with Crippen molar-refractivity contribution in [2.24, 2.45) is 11.8 Å². The number of hydrogen-bond donors (Lipinski definition) is 2. The van der Waals surface area contributed by atoms with E-state index in [-0.39, 0.29) is 42.1 Å². The lowest BCUT2D eigenvalue weighted by atomic mass is 9.95. The quantitative estimate of drug-likeness (QED) is 0.660. The van der Waals surface area contributed by atoms with Crippen LogP contribution in [0.3, 0.4) is 0 Å². The Kier molecular flexibility index (Phi) is 6.21. The van der Waals surface area contributed by atoms with Crippen molar-refractivity contribution in [2.75, 3.05) is 5.32 Å². The molecule has 28 heavy (non-hydrogen) atoms. The number of nitrogens with one attached hydrogen (secondary N) is 1. The third-order valence-electron chi connectivity index (χ3n) is 5.48. The third kappa shape index (κ3) is 5.18. The summed E-state index contributed by atoms with van der Waals surface area (Å²) < 4.78 is 52.9. The Balaban J connectivity index is 1.86. The molecule has 2 N–H and O–H groups in total. The summed E-state index contributed by atoms with van der Waals surface area (Å²) in [6.07, 6.45) is -2.09. The monoisotopic (exact) mass is 402 g/mol. The van der Waals surface area contributed by atoms with Gasteiger partial charge in [0.25, 0.3) is 0 Å².